The summed E-state index contributed by atoms with van der Waals surface area (Å²) in [5.74, 6) is 0.850. The third kappa shape index (κ3) is 3.16. The van der Waals surface area contributed by atoms with Gasteiger partial charge in [-0.15, -0.1) is 0 Å². The zero-order valence-electron chi connectivity index (χ0n) is 14.2. The van der Waals surface area contributed by atoms with E-state index in [4.69, 9.17) is 4.74 Å². The Hall–Kier alpha value is -0.120. The van der Waals surface area contributed by atoms with Gasteiger partial charge in [-0.2, -0.15) is 0 Å². The van der Waals surface area contributed by atoms with E-state index < -0.39 is 0 Å². The summed E-state index contributed by atoms with van der Waals surface area (Å²) >= 11 is 0. The molecule has 0 aromatic rings. The van der Waals surface area contributed by atoms with Crippen LogP contribution in [0.5, 0.6) is 0 Å². The van der Waals surface area contributed by atoms with Gasteiger partial charge in [0.05, 0.1) is 6.10 Å². The van der Waals surface area contributed by atoms with Gasteiger partial charge in [-0.1, -0.05) is 26.7 Å². The van der Waals surface area contributed by atoms with Crippen LogP contribution in [0.3, 0.4) is 0 Å². The van der Waals surface area contributed by atoms with Crippen molar-refractivity contribution in [2.24, 2.45) is 11.3 Å². The fraction of sp³-hybridized carbons (Fsp3) is 1.00. The lowest BCUT2D eigenvalue weighted by Gasteiger charge is -2.54. The van der Waals surface area contributed by atoms with Crippen molar-refractivity contribution in [3.8, 4) is 0 Å². The maximum Gasteiger partial charge on any atom is 0.0655 e. The first-order chi connectivity index (χ1) is 10.1. The summed E-state index contributed by atoms with van der Waals surface area (Å²) in [5.41, 5.74) is 0.293. The van der Waals surface area contributed by atoms with E-state index in [0.29, 0.717) is 17.6 Å². The Balaban J connectivity index is 1.58. The fourth-order valence-electron chi connectivity index (χ4n) is 4.84. The van der Waals surface area contributed by atoms with E-state index >= 15 is 0 Å². The zero-order chi connectivity index (χ0) is 14.9. The van der Waals surface area contributed by atoms with Crippen molar-refractivity contribution in [1.29, 1.82) is 0 Å². The van der Waals surface area contributed by atoms with E-state index in [-0.39, 0.29) is 0 Å². The highest BCUT2D eigenvalue weighted by Gasteiger charge is 2.50. The van der Waals surface area contributed by atoms with Gasteiger partial charge >= 0.3 is 0 Å². The van der Waals surface area contributed by atoms with Crippen LogP contribution >= 0.6 is 0 Å². The highest BCUT2D eigenvalue weighted by atomic mass is 16.5. The molecule has 0 bridgehead atoms. The van der Waals surface area contributed by atoms with Crippen LogP contribution in [0.15, 0.2) is 0 Å². The Labute approximate surface area is 130 Å². The number of hydrogen-bond donors (Lipinski definition) is 2. The maximum absolute atomic E-state index is 5.89. The molecule has 5 atom stereocenters. The van der Waals surface area contributed by atoms with Crippen LogP contribution in [0.2, 0.25) is 0 Å². The van der Waals surface area contributed by atoms with Crippen molar-refractivity contribution in [3.05, 3.63) is 0 Å². The lowest BCUT2D eigenvalue weighted by Crippen LogP contribution is -2.64. The molecular formula is C18H34N2O. The molecule has 0 aromatic carbocycles. The summed E-state index contributed by atoms with van der Waals surface area (Å²) < 4.78 is 5.89. The van der Waals surface area contributed by atoms with E-state index in [1.54, 1.807) is 0 Å². The quantitative estimate of drug-likeness (QED) is 0.817. The molecular weight excluding hydrogens is 260 g/mol. The largest absolute Gasteiger partial charge is 0.378 e. The average Bonchev–Trinajstić information content (AvgIpc) is 3.01. The van der Waals surface area contributed by atoms with Gasteiger partial charge in [0.25, 0.3) is 0 Å². The molecule has 2 aliphatic carbocycles. The van der Waals surface area contributed by atoms with Crippen LogP contribution < -0.4 is 10.6 Å². The predicted octanol–water partition coefficient (Wildman–Crippen LogP) is 3.09. The molecule has 3 rings (SSSR count). The summed E-state index contributed by atoms with van der Waals surface area (Å²) in [6, 6.07) is 2.14. The molecule has 0 amide bonds. The van der Waals surface area contributed by atoms with Gasteiger partial charge in [-0.05, 0) is 51.5 Å². The zero-order valence-corrected chi connectivity index (χ0v) is 14.2. The fourth-order valence-corrected chi connectivity index (χ4v) is 4.84. The minimum atomic E-state index is 0.293. The lowest BCUT2D eigenvalue weighted by atomic mass is 9.63. The minimum absolute atomic E-state index is 0.293. The maximum atomic E-state index is 5.89. The Kier molecular flexibility index (Phi) is 4.92. The molecule has 0 aromatic heterocycles. The predicted molar refractivity (Wildman–Crippen MR) is 87.5 cm³/mol. The Morgan fingerprint density at radius 1 is 1.14 bits per heavy atom. The van der Waals surface area contributed by atoms with E-state index in [1.807, 2.05) is 0 Å². The third-order valence-electron chi connectivity index (χ3n) is 6.40. The molecule has 122 valence electrons. The topological polar surface area (TPSA) is 33.3 Å². The molecule has 2 N–H and O–H groups in total. The molecule has 21 heavy (non-hydrogen) atoms. The van der Waals surface area contributed by atoms with E-state index in [2.05, 4.69) is 31.4 Å². The van der Waals surface area contributed by atoms with Crippen molar-refractivity contribution in [3.63, 3.8) is 0 Å². The summed E-state index contributed by atoms with van der Waals surface area (Å²) in [6.45, 7) is 8.94. The molecule has 3 nitrogen and oxygen atoms in total. The van der Waals surface area contributed by atoms with Gasteiger partial charge in [-0.25, -0.2) is 0 Å². The first-order valence-electron chi connectivity index (χ1n) is 9.24. The van der Waals surface area contributed by atoms with E-state index in [9.17, 15) is 0 Å². The normalized spacial score (nSPS) is 42.7. The molecule has 1 saturated heterocycles. The van der Waals surface area contributed by atoms with Crippen molar-refractivity contribution in [2.75, 3.05) is 13.2 Å². The number of rotatable bonds is 5. The van der Waals surface area contributed by atoms with Gasteiger partial charge in [0.2, 0.25) is 0 Å². The van der Waals surface area contributed by atoms with Crippen LogP contribution in [0.25, 0.3) is 0 Å². The second-order valence-electron chi connectivity index (χ2n) is 7.98. The second kappa shape index (κ2) is 6.55. The minimum Gasteiger partial charge on any atom is -0.378 e. The number of nitrogens with one attached hydrogen (secondary N) is 2. The second-order valence-corrected chi connectivity index (χ2v) is 7.98. The molecule has 1 aliphatic heterocycles. The molecule has 5 unspecified atom stereocenters. The van der Waals surface area contributed by atoms with E-state index in [0.717, 1.165) is 24.6 Å². The van der Waals surface area contributed by atoms with Crippen LogP contribution in [0, 0.1) is 11.3 Å². The summed E-state index contributed by atoms with van der Waals surface area (Å²) in [4.78, 5) is 0. The van der Waals surface area contributed by atoms with Gasteiger partial charge in [0.1, 0.15) is 0 Å². The molecule has 2 saturated carbocycles. The average molecular weight is 294 g/mol. The highest BCUT2D eigenvalue weighted by Crippen LogP contribution is 2.44. The van der Waals surface area contributed by atoms with Gasteiger partial charge in [0, 0.05) is 30.1 Å². The summed E-state index contributed by atoms with van der Waals surface area (Å²) in [7, 11) is 0. The lowest BCUT2D eigenvalue weighted by molar-refractivity contribution is -0.119. The smallest absolute Gasteiger partial charge is 0.0655 e. The van der Waals surface area contributed by atoms with Gasteiger partial charge in [0.15, 0.2) is 0 Å². The van der Waals surface area contributed by atoms with Crippen molar-refractivity contribution < 1.29 is 4.74 Å². The van der Waals surface area contributed by atoms with Crippen molar-refractivity contribution in [1.82, 2.24) is 10.6 Å². The Morgan fingerprint density at radius 3 is 2.62 bits per heavy atom. The first-order valence-corrected chi connectivity index (χ1v) is 9.24. The monoisotopic (exact) mass is 294 g/mol. The molecule has 0 radical (unpaired) electrons. The van der Waals surface area contributed by atoms with Gasteiger partial charge in [-0.3, -0.25) is 0 Å². The van der Waals surface area contributed by atoms with Crippen LogP contribution in [0.1, 0.15) is 65.7 Å². The number of ether oxygens (including phenoxy) is 1. The SMILES string of the molecule is CCOC1CC(NC2CCCCC2C2CCCN2)C1(C)C. The van der Waals surface area contributed by atoms with Gasteiger partial charge < -0.3 is 15.4 Å². The molecule has 3 fully saturated rings. The Morgan fingerprint density at radius 2 is 1.95 bits per heavy atom. The van der Waals surface area contributed by atoms with Crippen LogP contribution in [-0.2, 0) is 4.74 Å². The molecule has 3 heteroatoms. The Bertz CT molecular complexity index is 338. The number of hydrogen-bond acceptors (Lipinski definition) is 3. The van der Waals surface area contributed by atoms with Crippen molar-refractivity contribution >= 4 is 0 Å². The summed E-state index contributed by atoms with van der Waals surface area (Å²) in [5, 5.41) is 7.79. The molecule has 3 aliphatic rings. The highest BCUT2D eigenvalue weighted by molar-refractivity contribution is 5.05. The first kappa shape index (κ1) is 15.8. The van der Waals surface area contributed by atoms with E-state index in [1.165, 1.54) is 51.5 Å². The van der Waals surface area contributed by atoms with Crippen molar-refractivity contribution in [2.45, 2.75) is 89.9 Å². The summed E-state index contributed by atoms with van der Waals surface area (Å²) in [6.07, 6.45) is 10.0. The molecule has 0 spiro atoms. The third-order valence-corrected chi connectivity index (χ3v) is 6.40. The molecule has 1 heterocycles. The standard InChI is InChI=1S/C18H34N2O/c1-4-21-17-12-16(18(17,2)3)20-15-9-6-5-8-13(15)14-10-7-11-19-14/h13-17,19-20H,4-12H2,1-3H3. The van der Waals surface area contributed by atoms with Crippen LogP contribution in [0.4, 0.5) is 0 Å². The van der Waals surface area contributed by atoms with Crippen LogP contribution in [-0.4, -0.2) is 37.4 Å².